The normalized spacial score (nSPS) is 11.2. The Morgan fingerprint density at radius 2 is 2.04 bits per heavy atom. The monoisotopic (exact) mass is 366 g/mol. The maximum atomic E-state index is 12.1. The highest BCUT2D eigenvalue weighted by Gasteiger charge is 2.14. The zero-order chi connectivity index (χ0) is 18.7. The Bertz CT molecular complexity index is 959. The fourth-order valence-corrected chi connectivity index (χ4v) is 3.11. The van der Waals surface area contributed by atoms with Crippen LogP contribution >= 0.6 is 11.3 Å². The van der Waals surface area contributed by atoms with E-state index < -0.39 is 0 Å². The Balaban J connectivity index is 1.68. The third-order valence-electron chi connectivity index (χ3n) is 3.83. The van der Waals surface area contributed by atoms with Crippen LogP contribution in [0.5, 0.6) is 0 Å². The van der Waals surface area contributed by atoms with Crippen molar-refractivity contribution in [2.75, 3.05) is 5.32 Å². The number of anilines is 1. The summed E-state index contributed by atoms with van der Waals surface area (Å²) in [5, 5.41) is 21.3. The van der Waals surface area contributed by atoms with Gasteiger partial charge < -0.3 is 5.32 Å². The molecule has 0 aliphatic heterocycles. The van der Waals surface area contributed by atoms with Gasteiger partial charge in [-0.2, -0.15) is 5.26 Å². The molecule has 2 heterocycles. The van der Waals surface area contributed by atoms with Gasteiger partial charge in [-0.3, -0.25) is 9.36 Å². The van der Waals surface area contributed by atoms with E-state index in [2.05, 4.69) is 53.4 Å². The first-order valence-electron chi connectivity index (χ1n) is 8.01. The van der Waals surface area contributed by atoms with Crippen molar-refractivity contribution in [2.24, 2.45) is 0 Å². The number of hydrogen-bond acceptors (Lipinski definition) is 6. The molecule has 3 rings (SSSR count). The lowest BCUT2D eigenvalue weighted by Crippen LogP contribution is -2.19. The second-order valence-electron chi connectivity index (χ2n) is 6.81. The molecule has 1 amide bonds. The summed E-state index contributed by atoms with van der Waals surface area (Å²) in [4.78, 5) is 16.6. The molecule has 3 aromatic rings. The average Bonchev–Trinajstić information content (AvgIpc) is 3.23. The standard InChI is InChI=1S/C18H18N6OS/c1-18(2,3)13-6-4-12(5-7-13)14-10-26-17(21-14)22-16(25)9-24-11-20-23-15(24)8-19/h4-7,10-11H,9H2,1-3H3,(H,21,22,25). The molecule has 0 bridgehead atoms. The summed E-state index contributed by atoms with van der Waals surface area (Å²) in [5.41, 5.74) is 3.17. The van der Waals surface area contributed by atoms with Crippen LogP contribution in [0.15, 0.2) is 36.0 Å². The van der Waals surface area contributed by atoms with Crippen molar-refractivity contribution in [2.45, 2.75) is 32.7 Å². The smallest absolute Gasteiger partial charge is 0.246 e. The Morgan fingerprint density at radius 1 is 1.31 bits per heavy atom. The predicted octanol–water partition coefficient (Wildman–Crippen LogP) is 3.21. The molecule has 0 saturated heterocycles. The van der Waals surface area contributed by atoms with E-state index in [1.54, 1.807) is 0 Å². The number of nitrogens with zero attached hydrogens (tertiary/aromatic N) is 5. The van der Waals surface area contributed by atoms with Gasteiger partial charge in [0.15, 0.2) is 5.13 Å². The molecule has 0 aliphatic rings. The Labute approximate surface area is 155 Å². The number of aromatic nitrogens is 4. The third-order valence-corrected chi connectivity index (χ3v) is 4.58. The quantitative estimate of drug-likeness (QED) is 0.765. The lowest BCUT2D eigenvalue weighted by molar-refractivity contribution is -0.116. The topological polar surface area (TPSA) is 96.5 Å². The van der Waals surface area contributed by atoms with Gasteiger partial charge >= 0.3 is 0 Å². The summed E-state index contributed by atoms with van der Waals surface area (Å²) in [7, 11) is 0. The molecule has 0 spiro atoms. The maximum absolute atomic E-state index is 12.1. The van der Waals surface area contributed by atoms with Crippen LogP contribution in [0.1, 0.15) is 32.2 Å². The molecule has 0 unspecified atom stereocenters. The van der Waals surface area contributed by atoms with Crippen LogP contribution in [0.25, 0.3) is 11.3 Å². The minimum Gasteiger partial charge on any atom is -0.300 e. The van der Waals surface area contributed by atoms with Crippen LogP contribution in [0.4, 0.5) is 5.13 Å². The van der Waals surface area contributed by atoms with E-state index in [1.807, 2.05) is 23.6 Å². The van der Waals surface area contributed by atoms with E-state index >= 15 is 0 Å². The van der Waals surface area contributed by atoms with Gasteiger partial charge in [0.05, 0.1) is 5.69 Å². The third kappa shape index (κ3) is 3.95. The number of carbonyl (C=O) groups is 1. The van der Waals surface area contributed by atoms with Gasteiger partial charge in [0.1, 0.15) is 18.9 Å². The molecular formula is C18H18N6OS. The van der Waals surface area contributed by atoms with E-state index in [4.69, 9.17) is 5.26 Å². The fourth-order valence-electron chi connectivity index (χ4n) is 2.38. The molecule has 0 fully saturated rings. The van der Waals surface area contributed by atoms with E-state index in [9.17, 15) is 4.79 Å². The minimum absolute atomic E-state index is 0.0366. The zero-order valence-corrected chi connectivity index (χ0v) is 15.5. The highest BCUT2D eigenvalue weighted by atomic mass is 32.1. The van der Waals surface area contributed by atoms with E-state index in [0.29, 0.717) is 5.13 Å². The predicted molar refractivity (Wildman–Crippen MR) is 99.6 cm³/mol. The summed E-state index contributed by atoms with van der Waals surface area (Å²) in [6.07, 6.45) is 1.35. The number of thiazole rings is 1. The van der Waals surface area contributed by atoms with Crippen molar-refractivity contribution in [3.05, 3.63) is 47.4 Å². The van der Waals surface area contributed by atoms with Crippen LogP contribution in [-0.2, 0) is 16.8 Å². The molecular weight excluding hydrogens is 348 g/mol. The average molecular weight is 366 g/mol. The second-order valence-corrected chi connectivity index (χ2v) is 7.67. The number of hydrogen-bond donors (Lipinski definition) is 1. The second kappa shape index (κ2) is 7.06. The van der Waals surface area contributed by atoms with Crippen LogP contribution < -0.4 is 5.32 Å². The molecule has 1 N–H and O–H groups in total. The summed E-state index contributed by atoms with van der Waals surface area (Å²) >= 11 is 1.36. The van der Waals surface area contributed by atoms with Crippen molar-refractivity contribution >= 4 is 22.4 Å². The van der Waals surface area contributed by atoms with Crippen LogP contribution in [0.3, 0.4) is 0 Å². The first kappa shape index (κ1) is 17.8. The Morgan fingerprint density at radius 3 is 2.69 bits per heavy atom. The largest absolute Gasteiger partial charge is 0.300 e. The molecule has 2 aromatic heterocycles. The number of nitriles is 1. The number of benzene rings is 1. The molecule has 7 nitrogen and oxygen atoms in total. The molecule has 0 aliphatic carbocycles. The summed E-state index contributed by atoms with van der Waals surface area (Å²) < 4.78 is 1.38. The maximum Gasteiger partial charge on any atom is 0.246 e. The number of amides is 1. The van der Waals surface area contributed by atoms with Crippen molar-refractivity contribution in [3.8, 4) is 17.3 Å². The molecule has 0 atom stereocenters. The molecule has 8 heteroatoms. The molecule has 26 heavy (non-hydrogen) atoms. The van der Waals surface area contributed by atoms with Crippen LogP contribution in [-0.4, -0.2) is 25.7 Å². The lowest BCUT2D eigenvalue weighted by Gasteiger charge is -2.18. The van der Waals surface area contributed by atoms with Gasteiger partial charge in [-0.1, -0.05) is 45.0 Å². The minimum atomic E-state index is -0.287. The van der Waals surface area contributed by atoms with E-state index in [-0.39, 0.29) is 23.7 Å². The number of rotatable bonds is 4. The van der Waals surface area contributed by atoms with Gasteiger partial charge in [0.2, 0.25) is 11.7 Å². The molecule has 1 aromatic carbocycles. The first-order chi connectivity index (χ1) is 12.4. The summed E-state index contributed by atoms with van der Waals surface area (Å²) in [5.74, 6) is -0.191. The van der Waals surface area contributed by atoms with Crippen molar-refractivity contribution in [3.63, 3.8) is 0 Å². The highest BCUT2D eigenvalue weighted by molar-refractivity contribution is 7.14. The van der Waals surface area contributed by atoms with Crippen molar-refractivity contribution in [1.82, 2.24) is 19.7 Å². The van der Waals surface area contributed by atoms with E-state index in [1.165, 1.54) is 27.8 Å². The first-order valence-corrected chi connectivity index (χ1v) is 8.89. The molecule has 0 saturated carbocycles. The summed E-state index contributed by atoms with van der Waals surface area (Å²) in [6, 6.07) is 10.2. The highest BCUT2D eigenvalue weighted by Crippen LogP contribution is 2.28. The van der Waals surface area contributed by atoms with Gasteiger partial charge in [-0.15, -0.1) is 21.5 Å². The number of nitrogens with one attached hydrogen (secondary N) is 1. The van der Waals surface area contributed by atoms with Gasteiger partial charge in [-0.25, -0.2) is 4.98 Å². The molecule has 132 valence electrons. The zero-order valence-electron chi connectivity index (χ0n) is 14.7. The van der Waals surface area contributed by atoms with E-state index in [0.717, 1.165) is 11.3 Å². The Kier molecular flexibility index (Phi) is 4.82. The summed E-state index contributed by atoms with van der Waals surface area (Å²) in [6.45, 7) is 6.48. The number of carbonyl (C=O) groups excluding carboxylic acids is 1. The SMILES string of the molecule is CC(C)(C)c1ccc(-c2csc(NC(=O)Cn3cnnc3C#N)n2)cc1. The van der Waals surface area contributed by atoms with Crippen molar-refractivity contribution < 1.29 is 4.79 Å². The van der Waals surface area contributed by atoms with Crippen molar-refractivity contribution in [1.29, 1.82) is 5.26 Å². The van der Waals surface area contributed by atoms with Gasteiger partial charge in [-0.05, 0) is 11.0 Å². The van der Waals surface area contributed by atoms with Crippen LogP contribution in [0.2, 0.25) is 0 Å². The van der Waals surface area contributed by atoms with Crippen LogP contribution in [0, 0.1) is 11.3 Å². The lowest BCUT2D eigenvalue weighted by atomic mass is 9.86. The fraction of sp³-hybridized carbons (Fsp3) is 0.278. The van der Waals surface area contributed by atoms with Gasteiger partial charge in [0, 0.05) is 10.9 Å². The van der Waals surface area contributed by atoms with Gasteiger partial charge in [0.25, 0.3) is 0 Å². The molecule has 0 radical (unpaired) electrons. The Hall–Kier alpha value is -3.05.